The summed E-state index contributed by atoms with van der Waals surface area (Å²) in [4.78, 5) is 8.95. The van der Waals surface area contributed by atoms with E-state index in [4.69, 9.17) is 5.84 Å². The quantitative estimate of drug-likeness (QED) is 0.673. The van der Waals surface area contributed by atoms with E-state index in [-0.39, 0.29) is 0 Å². The summed E-state index contributed by atoms with van der Waals surface area (Å²) in [5.41, 5.74) is 4.55. The summed E-state index contributed by atoms with van der Waals surface area (Å²) in [6.45, 7) is 2.12. The van der Waals surface area contributed by atoms with Gasteiger partial charge in [-0.15, -0.1) is 0 Å². The van der Waals surface area contributed by atoms with Crippen LogP contribution in [-0.4, -0.2) is 9.97 Å². The van der Waals surface area contributed by atoms with E-state index in [1.807, 2.05) is 30.3 Å². The maximum atomic E-state index is 5.45. The van der Waals surface area contributed by atoms with Crippen LogP contribution in [0.5, 0.6) is 0 Å². The minimum atomic E-state index is 0.638. The molecule has 1 aromatic heterocycles. The van der Waals surface area contributed by atoms with Crippen molar-refractivity contribution in [2.75, 3.05) is 5.43 Å². The first-order valence-electron chi connectivity index (χ1n) is 5.84. The Balaban J connectivity index is 2.50. The largest absolute Gasteiger partial charge is 0.308 e. The lowest BCUT2D eigenvalue weighted by atomic mass is 10.2. The number of nitrogens with zero attached hydrogens (tertiary/aromatic N) is 2. The van der Waals surface area contributed by atoms with E-state index < -0.39 is 0 Å². The Bertz CT molecular complexity index is 542. The molecule has 94 valence electrons. The molecule has 1 heterocycles. The summed E-state index contributed by atoms with van der Waals surface area (Å²) < 4.78 is 0.974. The van der Waals surface area contributed by atoms with Crippen molar-refractivity contribution in [2.45, 2.75) is 19.8 Å². The summed E-state index contributed by atoms with van der Waals surface area (Å²) in [5, 5.41) is 0. The number of nitrogen functional groups attached to an aromatic ring is 1. The fourth-order valence-electron chi connectivity index (χ4n) is 1.72. The summed E-state index contributed by atoms with van der Waals surface area (Å²) in [6, 6.07) is 9.76. The number of benzene rings is 1. The number of hydrogen-bond acceptors (Lipinski definition) is 4. The number of aromatic nitrogens is 2. The summed E-state index contributed by atoms with van der Waals surface area (Å²) >= 11 is 3.51. The van der Waals surface area contributed by atoms with Gasteiger partial charge in [0, 0.05) is 21.8 Å². The maximum Gasteiger partial charge on any atom is 0.162 e. The van der Waals surface area contributed by atoms with Gasteiger partial charge in [0.25, 0.3) is 0 Å². The number of anilines is 1. The number of hydrogen-bond donors (Lipinski definition) is 2. The van der Waals surface area contributed by atoms with Crippen LogP contribution in [0.1, 0.15) is 19.0 Å². The zero-order valence-electron chi connectivity index (χ0n) is 10.2. The molecule has 3 N–H and O–H groups in total. The molecule has 2 aromatic rings. The predicted molar refractivity (Wildman–Crippen MR) is 77.0 cm³/mol. The van der Waals surface area contributed by atoms with Gasteiger partial charge in [-0.1, -0.05) is 47.5 Å². The van der Waals surface area contributed by atoms with E-state index in [9.17, 15) is 0 Å². The lowest BCUT2D eigenvalue weighted by Crippen LogP contribution is -2.10. The normalized spacial score (nSPS) is 10.4. The number of rotatable bonds is 4. The molecule has 0 aliphatic rings. The zero-order chi connectivity index (χ0) is 13.0. The average molecular weight is 307 g/mol. The van der Waals surface area contributed by atoms with Crippen molar-refractivity contribution in [2.24, 2.45) is 5.84 Å². The molecule has 0 aliphatic carbocycles. The molecule has 0 unspecified atom stereocenters. The summed E-state index contributed by atoms with van der Waals surface area (Å²) in [6.07, 6.45) is 1.95. The highest BCUT2D eigenvalue weighted by molar-refractivity contribution is 9.10. The Morgan fingerprint density at radius 3 is 2.72 bits per heavy atom. The molecule has 0 aliphatic heterocycles. The van der Waals surface area contributed by atoms with Crippen LogP contribution < -0.4 is 11.3 Å². The second kappa shape index (κ2) is 5.93. The first-order chi connectivity index (χ1) is 8.74. The van der Waals surface area contributed by atoms with Crippen LogP contribution in [0.25, 0.3) is 11.4 Å². The van der Waals surface area contributed by atoms with Gasteiger partial charge in [-0.25, -0.2) is 15.8 Å². The lowest BCUT2D eigenvalue weighted by Gasteiger charge is -2.08. The van der Waals surface area contributed by atoms with Gasteiger partial charge in [0.05, 0.1) is 0 Å². The SMILES string of the molecule is CCCc1cc(NN)nc(-c2ccccc2Br)n1. The number of hydrazine groups is 1. The molecule has 5 heteroatoms. The predicted octanol–water partition coefficient (Wildman–Crippen LogP) is 3.14. The van der Waals surface area contributed by atoms with Gasteiger partial charge in [0.1, 0.15) is 5.82 Å². The number of halogens is 1. The van der Waals surface area contributed by atoms with Gasteiger partial charge < -0.3 is 5.43 Å². The average Bonchev–Trinajstić information content (AvgIpc) is 2.39. The number of nitrogens with two attached hydrogens (primary N) is 1. The molecule has 4 nitrogen and oxygen atoms in total. The third-order valence-corrected chi connectivity index (χ3v) is 3.24. The Kier molecular flexibility index (Phi) is 4.28. The minimum absolute atomic E-state index is 0.638. The molecule has 0 fully saturated rings. The van der Waals surface area contributed by atoms with Crippen LogP contribution >= 0.6 is 15.9 Å². The Morgan fingerprint density at radius 1 is 1.28 bits per heavy atom. The topological polar surface area (TPSA) is 63.8 Å². The first kappa shape index (κ1) is 13.0. The monoisotopic (exact) mass is 306 g/mol. The van der Waals surface area contributed by atoms with Crippen LogP contribution in [-0.2, 0) is 6.42 Å². The van der Waals surface area contributed by atoms with E-state index in [1.165, 1.54) is 0 Å². The highest BCUT2D eigenvalue weighted by Crippen LogP contribution is 2.26. The van der Waals surface area contributed by atoms with Crippen LogP contribution in [0.3, 0.4) is 0 Å². The van der Waals surface area contributed by atoms with Crippen molar-refractivity contribution in [3.63, 3.8) is 0 Å². The fraction of sp³-hybridized carbons (Fsp3) is 0.231. The van der Waals surface area contributed by atoms with Gasteiger partial charge >= 0.3 is 0 Å². The van der Waals surface area contributed by atoms with Crippen molar-refractivity contribution in [1.82, 2.24) is 9.97 Å². The third kappa shape index (κ3) is 2.86. The number of nitrogens with one attached hydrogen (secondary N) is 1. The lowest BCUT2D eigenvalue weighted by molar-refractivity contribution is 0.875. The molecule has 1 aromatic carbocycles. The third-order valence-electron chi connectivity index (χ3n) is 2.55. The highest BCUT2D eigenvalue weighted by atomic mass is 79.9. The Morgan fingerprint density at radius 2 is 2.06 bits per heavy atom. The van der Waals surface area contributed by atoms with E-state index in [0.29, 0.717) is 11.6 Å². The maximum absolute atomic E-state index is 5.45. The Labute approximate surface area is 115 Å². The van der Waals surface area contributed by atoms with E-state index >= 15 is 0 Å². The van der Waals surface area contributed by atoms with Crippen molar-refractivity contribution in [3.05, 3.63) is 40.5 Å². The van der Waals surface area contributed by atoms with Gasteiger partial charge in [-0.3, -0.25) is 0 Å². The zero-order valence-corrected chi connectivity index (χ0v) is 11.7. The van der Waals surface area contributed by atoms with E-state index in [1.54, 1.807) is 0 Å². The molecular weight excluding hydrogens is 292 g/mol. The second-order valence-corrected chi connectivity index (χ2v) is 4.80. The van der Waals surface area contributed by atoms with E-state index in [0.717, 1.165) is 28.6 Å². The van der Waals surface area contributed by atoms with Gasteiger partial charge in [0.15, 0.2) is 5.82 Å². The Hall–Kier alpha value is -1.46. The van der Waals surface area contributed by atoms with E-state index in [2.05, 4.69) is 38.2 Å². The van der Waals surface area contributed by atoms with Gasteiger partial charge in [0.2, 0.25) is 0 Å². The standard InChI is InChI=1S/C13H15BrN4/c1-2-5-9-8-12(18-15)17-13(16-9)10-6-3-4-7-11(10)14/h3-4,6-8H,2,5,15H2,1H3,(H,16,17,18). The highest BCUT2D eigenvalue weighted by Gasteiger charge is 2.08. The molecule has 0 spiro atoms. The molecule has 0 atom stereocenters. The fourth-order valence-corrected chi connectivity index (χ4v) is 2.18. The minimum Gasteiger partial charge on any atom is -0.308 e. The molecular formula is C13H15BrN4. The van der Waals surface area contributed by atoms with Gasteiger partial charge in [-0.2, -0.15) is 0 Å². The van der Waals surface area contributed by atoms with Crippen LogP contribution in [0.2, 0.25) is 0 Å². The number of aryl methyl sites for hydroxylation is 1. The van der Waals surface area contributed by atoms with Crippen molar-refractivity contribution in [1.29, 1.82) is 0 Å². The summed E-state index contributed by atoms with van der Waals surface area (Å²) in [7, 11) is 0. The van der Waals surface area contributed by atoms with Crippen molar-refractivity contribution in [3.8, 4) is 11.4 Å². The van der Waals surface area contributed by atoms with Crippen molar-refractivity contribution >= 4 is 21.7 Å². The van der Waals surface area contributed by atoms with Crippen molar-refractivity contribution < 1.29 is 0 Å². The van der Waals surface area contributed by atoms with Crippen LogP contribution in [0.4, 0.5) is 5.82 Å². The molecule has 0 radical (unpaired) electrons. The first-order valence-corrected chi connectivity index (χ1v) is 6.63. The molecule has 0 bridgehead atoms. The molecule has 0 amide bonds. The molecule has 0 saturated carbocycles. The molecule has 18 heavy (non-hydrogen) atoms. The summed E-state index contributed by atoms with van der Waals surface area (Å²) in [5.74, 6) is 6.77. The van der Waals surface area contributed by atoms with Gasteiger partial charge in [-0.05, 0) is 12.5 Å². The molecule has 2 rings (SSSR count). The second-order valence-electron chi connectivity index (χ2n) is 3.94. The van der Waals surface area contributed by atoms with Crippen LogP contribution in [0.15, 0.2) is 34.8 Å². The smallest absolute Gasteiger partial charge is 0.162 e. The van der Waals surface area contributed by atoms with Crippen LogP contribution in [0, 0.1) is 0 Å². The molecule has 0 saturated heterocycles.